The van der Waals surface area contributed by atoms with E-state index in [2.05, 4.69) is 0 Å². The first-order chi connectivity index (χ1) is 9.52. The fraction of sp³-hybridized carbons (Fsp3) is 0.562. The molecule has 0 fully saturated rings. The molecule has 0 aromatic heterocycles. The zero-order valence-electron chi connectivity index (χ0n) is 12.3. The number of rotatable bonds is 10. The average Bonchev–Trinajstić information content (AvgIpc) is 2.42. The lowest BCUT2D eigenvalue weighted by Crippen LogP contribution is -2.35. The lowest BCUT2D eigenvalue weighted by Gasteiger charge is -2.19. The normalized spacial score (nSPS) is 11.5. The van der Waals surface area contributed by atoms with E-state index in [1.165, 1.54) is 5.56 Å². The van der Waals surface area contributed by atoms with E-state index in [1.807, 2.05) is 30.3 Å². The Bertz CT molecular complexity index is 387. The average molecular weight is 280 g/mol. The topological polar surface area (TPSA) is 55.8 Å². The van der Waals surface area contributed by atoms with E-state index in [0.717, 1.165) is 25.9 Å². The van der Waals surface area contributed by atoms with Crippen LogP contribution in [-0.4, -0.2) is 29.9 Å². The molecule has 4 nitrogen and oxygen atoms in total. The molecule has 1 aromatic rings. The Kier molecular flexibility index (Phi) is 7.26. The van der Waals surface area contributed by atoms with Crippen molar-refractivity contribution in [3.8, 4) is 0 Å². The number of carboxylic acid groups (broad SMARTS) is 1. The van der Waals surface area contributed by atoms with Crippen LogP contribution < -0.4 is 0 Å². The molecule has 0 spiro atoms. The molecule has 1 aromatic carbocycles. The van der Waals surface area contributed by atoms with Crippen LogP contribution >= 0.6 is 0 Å². The molecular weight excluding hydrogens is 256 g/mol. The van der Waals surface area contributed by atoms with Gasteiger partial charge in [0.25, 0.3) is 0 Å². The van der Waals surface area contributed by atoms with Gasteiger partial charge in [0.1, 0.15) is 0 Å². The lowest BCUT2D eigenvalue weighted by molar-refractivity contribution is -0.161. The second kappa shape index (κ2) is 8.72. The van der Waals surface area contributed by atoms with Gasteiger partial charge >= 0.3 is 5.97 Å². The highest BCUT2D eigenvalue weighted by atomic mass is 16.5. The number of aliphatic carboxylic acids is 1. The summed E-state index contributed by atoms with van der Waals surface area (Å²) >= 11 is 0. The molecule has 0 heterocycles. The summed E-state index contributed by atoms with van der Waals surface area (Å²) in [7, 11) is 0. The quantitative estimate of drug-likeness (QED) is 0.668. The lowest BCUT2D eigenvalue weighted by atomic mass is 10.1. The number of carbonyl (C=O) groups is 1. The number of hydrogen-bond donors (Lipinski definition) is 1. The zero-order valence-corrected chi connectivity index (χ0v) is 12.3. The summed E-state index contributed by atoms with van der Waals surface area (Å²) < 4.78 is 10.9. The maximum absolute atomic E-state index is 10.8. The van der Waals surface area contributed by atoms with Gasteiger partial charge in [0.05, 0.1) is 6.61 Å². The second-order valence-electron chi connectivity index (χ2n) is 5.26. The second-order valence-corrected chi connectivity index (χ2v) is 5.26. The van der Waals surface area contributed by atoms with Gasteiger partial charge in [-0.1, -0.05) is 30.3 Å². The van der Waals surface area contributed by atoms with Crippen molar-refractivity contribution in [2.75, 3.05) is 13.2 Å². The summed E-state index contributed by atoms with van der Waals surface area (Å²) in [6, 6.07) is 10.1. The van der Waals surface area contributed by atoms with Crippen molar-refractivity contribution >= 4 is 5.97 Å². The van der Waals surface area contributed by atoms with Crippen LogP contribution in [0.15, 0.2) is 30.3 Å². The van der Waals surface area contributed by atoms with E-state index in [9.17, 15) is 4.79 Å². The molecule has 112 valence electrons. The Morgan fingerprint density at radius 2 is 1.75 bits per heavy atom. The van der Waals surface area contributed by atoms with Crippen molar-refractivity contribution in [3.63, 3.8) is 0 Å². The van der Waals surface area contributed by atoms with Gasteiger partial charge in [-0.25, -0.2) is 4.79 Å². The molecule has 0 atom stereocenters. The van der Waals surface area contributed by atoms with Crippen molar-refractivity contribution in [2.45, 2.75) is 45.3 Å². The molecule has 1 N–H and O–H groups in total. The van der Waals surface area contributed by atoms with E-state index in [1.54, 1.807) is 13.8 Å². The molecule has 0 saturated heterocycles. The highest BCUT2D eigenvalue weighted by Crippen LogP contribution is 2.10. The molecule has 0 bridgehead atoms. The number of carboxylic acids is 1. The maximum atomic E-state index is 10.8. The fourth-order valence-corrected chi connectivity index (χ4v) is 1.64. The Labute approximate surface area is 120 Å². The minimum absolute atomic E-state index is 0.470. The van der Waals surface area contributed by atoms with Gasteiger partial charge in [-0.15, -0.1) is 0 Å². The van der Waals surface area contributed by atoms with Crippen LogP contribution in [0.3, 0.4) is 0 Å². The van der Waals surface area contributed by atoms with E-state index in [-0.39, 0.29) is 0 Å². The third-order valence-electron chi connectivity index (χ3n) is 3.02. The molecule has 0 saturated carbocycles. The molecule has 0 aliphatic carbocycles. The summed E-state index contributed by atoms with van der Waals surface area (Å²) in [5.41, 5.74) is 0.0862. The van der Waals surface area contributed by atoms with Gasteiger partial charge in [0.15, 0.2) is 5.60 Å². The van der Waals surface area contributed by atoms with Crippen molar-refractivity contribution in [1.82, 2.24) is 0 Å². The summed E-state index contributed by atoms with van der Waals surface area (Å²) in [6.07, 6.45) is 2.79. The zero-order chi connectivity index (χ0) is 14.8. The van der Waals surface area contributed by atoms with Crippen molar-refractivity contribution in [3.05, 3.63) is 35.9 Å². The largest absolute Gasteiger partial charge is 0.479 e. The first kappa shape index (κ1) is 16.7. The monoisotopic (exact) mass is 280 g/mol. The predicted octanol–water partition coefficient (Wildman–Crippen LogP) is 3.25. The summed E-state index contributed by atoms with van der Waals surface area (Å²) in [4.78, 5) is 10.8. The van der Waals surface area contributed by atoms with E-state index in [4.69, 9.17) is 14.6 Å². The van der Waals surface area contributed by atoms with Gasteiger partial charge in [-0.05, 0) is 38.7 Å². The number of unbranched alkanes of at least 4 members (excludes halogenated alkanes) is 2. The molecule has 4 heteroatoms. The van der Waals surface area contributed by atoms with Gasteiger partial charge < -0.3 is 14.6 Å². The fourth-order valence-electron chi connectivity index (χ4n) is 1.64. The predicted molar refractivity (Wildman–Crippen MR) is 77.6 cm³/mol. The number of ether oxygens (including phenoxy) is 2. The van der Waals surface area contributed by atoms with Crippen LogP contribution in [0.5, 0.6) is 0 Å². The summed E-state index contributed by atoms with van der Waals surface area (Å²) in [5.74, 6) is -0.927. The van der Waals surface area contributed by atoms with Gasteiger partial charge in [-0.2, -0.15) is 0 Å². The Morgan fingerprint density at radius 1 is 1.10 bits per heavy atom. The molecular formula is C16H24O4. The molecule has 0 amide bonds. The Morgan fingerprint density at radius 3 is 2.40 bits per heavy atom. The van der Waals surface area contributed by atoms with Crippen LogP contribution in [0.2, 0.25) is 0 Å². The van der Waals surface area contributed by atoms with Gasteiger partial charge in [0, 0.05) is 13.2 Å². The highest BCUT2D eigenvalue weighted by Gasteiger charge is 2.27. The first-order valence-electron chi connectivity index (χ1n) is 7.01. The Hall–Kier alpha value is -1.39. The minimum atomic E-state index is -1.09. The molecule has 0 unspecified atom stereocenters. The van der Waals surface area contributed by atoms with Gasteiger partial charge in [-0.3, -0.25) is 0 Å². The molecule has 20 heavy (non-hydrogen) atoms. The van der Waals surface area contributed by atoms with E-state index in [0.29, 0.717) is 13.2 Å². The number of hydrogen-bond acceptors (Lipinski definition) is 3. The van der Waals surface area contributed by atoms with Crippen LogP contribution in [0, 0.1) is 0 Å². The van der Waals surface area contributed by atoms with E-state index < -0.39 is 11.6 Å². The van der Waals surface area contributed by atoms with Crippen molar-refractivity contribution < 1.29 is 19.4 Å². The summed E-state index contributed by atoms with van der Waals surface area (Å²) in [6.45, 7) is 4.97. The smallest absolute Gasteiger partial charge is 0.335 e. The Balaban J connectivity index is 1.97. The van der Waals surface area contributed by atoms with Crippen LogP contribution in [0.1, 0.15) is 38.7 Å². The van der Waals surface area contributed by atoms with Crippen molar-refractivity contribution in [1.29, 1.82) is 0 Å². The van der Waals surface area contributed by atoms with Crippen molar-refractivity contribution in [2.24, 2.45) is 0 Å². The maximum Gasteiger partial charge on any atom is 0.335 e. The third-order valence-corrected chi connectivity index (χ3v) is 3.02. The SMILES string of the molecule is CC(C)(OCCCCCOCc1ccccc1)C(=O)O. The molecule has 0 radical (unpaired) electrons. The molecule has 1 rings (SSSR count). The molecule has 0 aliphatic heterocycles. The number of benzene rings is 1. The third kappa shape index (κ3) is 6.68. The summed E-state index contributed by atoms with van der Waals surface area (Å²) in [5, 5.41) is 8.88. The standard InChI is InChI=1S/C16H24O4/c1-16(2,15(17)18)20-12-8-4-7-11-19-13-14-9-5-3-6-10-14/h3,5-6,9-10H,4,7-8,11-13H2,1-2H3,(H,17,18). The minimum Gasteiger partial charge on any atom is -0.479 e. The molecule has 0 aliphatic rings. The van der Waals surface area contributed by atoms with Crippen LogP contribution in [-0.2, 0) is 20.9 Å². The van der Waals surface area contributed by atoms with Gasteiger partial charge in [0.2, 0.25) is 0 Å². The van der Waals surface area contributed by atoms with E-state index >= 15 is 0 Å². The highest BCUT2D eigenvalue weighted by molar-refractivity contribution is 5.76. The van der Waals surface area contributed by atoms with Crippen LogP contribution in [0.25, 0.3) is 0 Å². The van der Waals surface area contributed by atoms with Crippen LogP contribution in [0.4, 0.5) is 0 Å². The first-order valence-corrected chi connectivity index (χ1v) is 7.01.